The summed E-state index contributed by atoms with van der Waals surface area (Å²) < 4.78 is 52.8. The average molecular weight is 361 g/mol. The molecule has 8 heteroatoms. The van der Waals surface area contributed by atoms with Crippen LogP contribution in [0, 0.1) is 0 Å². The van der Waals surface area contributed by atoms with E-state index in [1.165, 1.54) is 12.5 Å². The van der Waals surface area contributed by atoms with Crippen LogP contribution >= 0.6 is 0 Å². The molecule has 136 valence electrons. The Morgan fingerprint density at radius 1 is 0.682 bits per heavy atom. The number of ether oxygens (including phenoxy) is 2. The molecule has 0 aromatic carbocycles. The molecule has 0 bridgehead atoms. The van der Waals surface area contributed by atoms with Crippen molar-refractivity contribution in [2.24, 2.45) is 0 Å². The highest BCUT2D eigenvalue weighted by atomic mass is 32.2. The molecule has 22 heavy (non-hydrogen) atoms. The molecular formula is C14H32O6S2. The molecule has 0 spiro atoms. The van der Waals surface area contributed by atoms with Crippen molar-refractivity contribution < 1.29 is 26.3 Å². The molecular weight excluding hydrogens is 328 g/mol. The van der Waals surface area contributed by atoms with E-state index >= 15 is 0 Å². The third-order valence-corrected chi connectivity index (χ3v) is 4.28. The molecule has 0 saturated heterocycles. The van der Waals surface area contributed by atoms with E-state index in [1.807, 2.05) is 27.7 Å². The summed E-state index contributed by atoms with van der Waals surface area (Å²) in [6.45, 7) is 8.79. The summed E-state index contributed by atoms with van der Waals surface area (Å²) in [6.07, 6.45) is 4.04. The van der Waals surface area contributed by atoms with Crippen LogP contribution in [0.3, 0.4) is 0 Å². The van der Waals surface area contributed by atoms with Gasteiger partial charge in [0, 0.05) is 25.7 Å². The van der Waals surface area contributed by atoms with E-state index in [9.17, 15) is 16.8 Å². The number of sulfone groups is 2. The van der Waals surface area contributed by atoms with Crippen molar-refractivity contribution in [3.63, 3.8) is 0 Å². The first-order chi connectivity index (χ1) is 9.83. The van der Waals surface area contributed by atoms with Crippen molar-refractivity contribution in [1.29, 1.82) is 0 Å². The monoisotopic (exact) mass is 360 g/mol. The predicted octanol–water partition coefficient (Wildman–Crippen LogP) is 1.69. The van der Waals surface area contributed by atoms with Crippen LogP contribution in [0.2, 0.25) is 0 Å². The summed E-state index contributed by atoms with van der Waals surface area (Å²) >= 11 is 0. The van der Waals surface area contributed by atoms with Crippen LogP contribution < -0.4 is 0 Å². The van der Waals surface area contributed by atoms with Crippen LogP contribution in [0.1, 0.15) is 40.5 Å². The summed E-state index contributed by atoms with van der Waals surface area (Å²) in [4.78, 5) is 0. The quantitative estimate of drug-likeness (QED) is 0.551. The zero-order valence-electron chi connectivity index (χ0n) is 14.7. The average Bonchev–Trinajstić information content (AvgIpc) is 2.28. The highest BCUT2D eigenvalue weighted by Gasteiger charge is 2.02. The molecule has 0 rings (SSSR count). The van der Waals surface area contributed by atoms with Crippen LogP contribution in [0.4, 0.5) is 0 Å². The van der Waals surface area contributed by atoms with Crippen LogP contribution in [0.25, 0.3) is 0 Å². The Hall–Kier alpha value is -0.180. The lowest BCUT2D eigenvalue weighted by atomic mass is 10.4. The second-order valence-electron chi connectivity index (χ2n) is 5.81. The number of rotatable bonds is 10. The minimum atomic E-state index is -2.80. The molecule has 0 N–H and O–H groups in total. The van der Waals surface area contributed by atoms with E-state index in [2.05, 4.69) is 0 Å². The Kier molecular flexibility index (Phi) is 13.4. The fourth-order valence-electron chi connectivity index (χ4n) is 1.28. The lowest BCUT2D eigenvalue weighted by Gasteiger charge is -2.05. The van der Waals surface area contributed by atoms with Gasteiger partial charge in [-0.15, -0.1) is 0 Å². The summed E-state index contributed by atoms with van der Waals surface area (Å²) in [7, 11) is -5.60. The molecule has 0 aliphatic carbocycles. The van der Waals surface area contributed by atoms with Crippen molar-refractivity contribution >= 4 is 19.7 Å². The van der Waals surface area contributed by atoms with Gasteiger partial charge in [-0.25, -0.2) is 16.8 Å². The molecule has 0 amide bonds. The van der Waals surface area contributed by atoms with Crippen LogP contribution in [-0.2, 0) is 29.1 Å². The third kappa shape index (κ3) is 28.0. The van der Waals surface area contributed by atoms with Crippen molar-refractivity contribution in [3.05, 3.63) is 0 Å². The van der Waals surface area contributed by atoms with E-state index in [0.717, 1.165) is 0 Å². The first-order valence-corrected chi connectivity index (χ1v) is 11.5. The second kappa shape index (κ2) is 12.3. The fraction of sp³-hybridized carbons (Fsp3) is 1.00. The predicted molar refractivity (Wildman–Crippen MR) is 90.8 cm³/mol. The Morgan fingerprint density at radius 2 is 0.955 bits per heavy atom. The second-order valence-corrected chi connectivity index (χ2v) is 10.3. The molecule has 0 unspecified atom stereocenters. The topological polar surface area (TPSA) is 86.7 Å². The van der Waals surface area contributed by atoms with Crippen molar-refractivity contribution in [1.82, 2.24) is 0 Å². The zero-order chi connectivity index (χ0) is 17.8. The normalized spacial score (nSPS) is 12.4. The van der Waals surface area contributed by atoms with Crippen molar-refractivity contribution in [2.45, 2.75) is 52.7 Å². The van der Waals surface area contributed by atoms with Crippen LogP contribution in [-0.4, -0.2) is 66.3 Å². The largest absolute Gasteiger partial charge is 0.379 e. The standard InChI is InChI=1S/2C7H16O3S/c2*1-7(2)10-5-4-6-11(3,8)9/h2*7H,4-6H2,1-3H3. The minimum absolute atomic E-state index is 0.189. The lowest BCUT2D eigenvalue weighted by Crippen LogP contribution is -2.09. The lowest BCUT2D eigenvalue weighted by molar-refractivity contribution is 0.0795. The van der Waals surface area contributed by atoms with Gasteiger partial charge in [-0.05, 0) is 40.5 Å². The van der Waals surface area contributed by atoms with Gasteiger partial charge in [-0.3, -0.25) is 0 Å². The first-order valence-electron chi connectivity index (χ1n) is 7.42. The van der Waals surface area contributed by atoms with E-state index in [0.29, 0.717) is 26.1 Å². The minimum Gasteiger partial charge on any atom is -0.379 e. The molecule has 0 aromatic heterocycles. The van der Waals surface area contributed by atoms with Gasteiger partial charge in [0.2, 0.25) is 0 Å². The number of hydrogen-bond donors (Lipinski definition) is 0. The smallest absolute Gasteiger partial charge is 0.147 e. The van der Waals surface area contributed by atoms with Crippen molar-refractivity contribution in [3.8, 4) is 0 Å². The Morgan fingerprint density at radius 3 is 1.14 bits per heavy atom. The molecule has 0 radical (unpaired) electrons. The molecule has 0 aromatic rings. The van der Waals surface area contributed by atoms with E-state index in [4.69, 9.17) is 9.47 Å². The van der Waals surface area contributed by atoms with Gasteiger partial charge in [0.15, 0.2) is 0 Å². The maximum Gasteiger partial charge on any atom is 0.147 e. The summed E-state index contributed by atoms with van der Waals surface area (Å²) in [5, 5.41) is 0. The Labute approximate surface area is 136 Å². The summed E-state index contributed by atoms with van der Waals surface area (Å²) in [5.41, 5.74) is 0. The van der Waals surface area contributed by atoms with Crippen LogP contribution in [0.5, 0.6) is 0 Å². The van der Waals surface area contributed by atoms with Gasteiger partial charge in [0.05, 0.1) is 23.7 Å². The molecule has 0 atom stereocenters. The molecule has 0 aliphatic heterocycles. The van der Waals surface area contributed by atoms with Gasteiger partial charge in [-0.2, -0.15) is 0 Å². The highest BCUT2D eigenvalue weighted by Crippen LogP contribution is 1.94. The molecule has 0 heterocycles. The van der Waals surface area contributed by atoms with Crippen LogP contribution in [0.15, 0.2) is 0 Å². The van der Waals surface area contributed by atoms with E-state index in [-0.39, 0.29) is 23.7 Å². The summed E-state index contributed by atoms with van der Waals surface area (Å²) in [6, 6.07) is 0. The maximum atomic E-state index is 10.6. The van der Waals surface area contributed by atoms with Gasteiger partial charge in [0.25, 0.3) is 0 Å². The molecule has 0 aliphatic rings. The van der Waals surface area contributed by atoms with Crippen molar-refractivity contribution in [2.75, 3.05) is 37.2 Å². The molecule has 6 nitrogen and oxygen atoms in total. The van der Waals surface area contributed by atoms with Gasteiger partial charge >= 0.3 is 0 Å². The van der Waals surface area contributed by atoms with Gasteiger partial charge in [0.1, 0.15) is 19.7 Å². The molecule has 0 fully saturated rings. The molecule has 0 saturated carbocycles. The SMILES string of the molecule is CC(C)OCCCS(C)(=O)=O.CC(C)OCCCS(C)(=O)=O. The Bertz CT molecular complexity index is 408. The highest BCUT2D eigenvalue weighted by molar-refractivity contribution is 7.90. The van der Waals surface area contributed by atoms with Gasteiger partial charge < -0.3 is 9.47 Å². The summed E-state index contributed by atoms with van der Waals surface area (Å²) in [5.74, 6) is 0.444. The number of hydrogen-bond acceptors (Lipinski definition) is 6. The van der Waals surface area contributed by atoms with Gasteiger partial charge in [-0.1, -0.05) is 0 Å². The van der Waals surface area contributed by atoms with E-state index < -0.39 is 19.7 Å². The first kappa shape index (κ1) is 24.1. The fourth-order valence-corrected chi connectivity index (χ4v) is 2.56. The maximum absolute atomic E-state index is 10.6. The zero-order valence-corrected chi connectivity index (χ0v) is 16.3. The third-order valence-electron chi connectivity index (χ3n) is 2.22. The van der Waals surface area contributed by atoms with E-state index in [1.54, 1.807) is 0 Å². The Balaban J connectivity index is 0.